The Hall–Kier alpha value is -3.68. The van der Waals surface area contributed by atoms with Crippen molar-refractivity contribution < 1.29 is 14.3 Å². The minimum absolute atomic E-state index is 0.122. The van der Waals surface area contributed by atoms with Crippen molar-refractivity contribution >= 4 is 23.1 Å². The molecule has 0 unspecified atom stereocenters. The molecule has 0 aliphatic heterocycles. The molecular weight excluding hydrogens is 370 g/mol. The van der Waals surface area contributed by atoms with Crippen molar-refractivity contribution in [3.8, 4) is 5.75 Å². The molecule has 3 N–H and O–H groups in total. The van der Waals surface area contributed by atoms with Crippen LogP contribution in [-0.4, -0.2) is 33.0 Å². The van der Waals surface area contributed by atoms with Gasteiger partial charge in [-0.15, -0.1) is 0 Å². The molecule has 3 aromatic rings. The average molecular weight is 393 g/mol. The number of amides is 2. The minimum atomic E-state index is -0.572. The molecule has 29 heavy (non-hydrogen) atoms. The molecule has 0 saturated heterocycles. The maximum atomic E-state index is 12.4. The summed E-state index contributed by atoms with van der Waals surface area (Å²) in [6, 6.07) is 7.20. The Morgan fingerprint density at radius 1 is 1.34 bits per heavy atom. The summed E-state index contributed by atoms with van der Waals surface area (Å²) in [6.07, 6.45) is 3.84. The lowest BCUT2D eigenvalue weighted by Gasteiger charge is -2.12. The molecule has 0 bridgehead atoms. The van der Waals surface area contributed by atoms with Crippen LogP contribution in [0.3, 0.4) is 0 Å². The number of hydrogen-bond acceptors (Lipinski definition) is 5. The van der Waals surface area contributed by atoms with E-state index in [0.717, 1.165) is 17.0 Å². The number of aryl methyl sites for hydroxylation is 2. The molecule has 0 saturated carbocycles. The third-order valence-corrected chi connectivity index (χ3v) is 4.56. The van der Waals surface area contributed by atoms with Gasteiger partial charge < -0.3 is 15.8 Å². The number of primary amides is 1. The maximum absolute atomic E-state index is 12.4. The second-order valence-corrected chi connectivity index (χ2v) is 6.59. The molecule has 8 nitrogen and oxygen atoms in total. The Balaban J connectivity index is 1.71. The lowest BCUT2D eigenvalue weighted by atomic mass is 10.1. The van der Waals surface area contributed by atoms with Crippen LogP contribution in [0.4, 0.5) is 5.69 Å². The van der Waals surface area contributed by atoms with Crippen molar-refractivity contribution in [2.24, 2.45) is 5.73 Å². The monoisotopic (exact) mass is 393 g/mol. The van der Waals surface area contributed by atoms with Crippen LogP contribution in [0, 0.1) is 13.8 Å². The van der Waals surface area contributed by atoms with E-state index in [-0.39, 0.29) is 17.9 Å². The van der Waals surface area contributed by atoms with Gasteiger partial charge in [0.2, 0.25) is 5.91 Å². The molecule has 8 heteroatoms. The van der Waals surface area contributed by atoms with Gasteiger partial charge in [0.25, 0.3) is 5.91 Å². The van der Waals surface area contributed by atoms with Gasteiger partial charge in [-0.3, -0.25) is 9.59 Å². The van der Waals surface area contributed by atoms with Gasteiger partial charge in [0, 0.05) is 29.6 Å². The summed E-state index contributed by atoms with van der Waals surface area (Å²) in [6.45, 7) is 7.74. The normalized spacial score (nSPS) is 10.7. The lowest BCUT2D eigenvalue weighted by molar-refractivity contribution is -0.116. The third-order valence-electron chi connectivity index (χ3n) is 4.56. The first-order chi connectivity index (χ1) is 13.9. The molecule has 0 aliphatic rings. The highest BCUT2D eigenvalue weighted by Gasteiger charge is 2.17. The van der Waals surface area contributed by atoms with Crippen LogP contribution in [0.1, 0.15) is 33.7 Å². The molecule has 0 radical (unpaired) electrons. The second kappa shape index (κ2) is 8.55. The van der Waals surface area contributed by atoms with E-state index in [1.54, 1.807) is 22.7 Å². The van der Waals surface area contributed by atoms with Gasteiger partial charge >= 0.3 is 0 Å². The first kappa shape index (κ1) is 20.1. The summed E-state index contributed by atoms with van der Waals surface area (Å²) in [7, 11) is 0. The highest BCUT2D eigenvalue weighted by Crippen LogP contribution is 2.20. The van der Waals surface area contributed by atoms with E-state index in [2.05, 4.69) is 22.0 Å². The van der Waals surface area contributed by atoms with Crippen molar-refractivity contribution in [3.05, 3.63) is 65.6 Å². The van der Waals surface area contributed by atoms with Gasteiger partial charge in [0.15, 0.2) is 5.65 Å². The summed E-state index contributed by atoms with van der Waals surface area (Å²) in [5.41, 5.74) is 9.22. The predicted octanol–water partition coefficient (Wildman–Crippen LogP) is 2.58. The van der Waals surface area contributed by atoms with Crippen LogP contribution in [0.25, 0.3) is 5.65 Å². The van der Waals surface area contributed by atoms with Gasteiger partial charge in [-0.1, -0.05) is 18.7 Å². The van der Waals surface area contributed by atoms with Gasteiger partial charge in [-0.2, -0.15) is 5.10 Å². The summed E-state index contributed by atoms with van der Waals surface area (Å²) in [5, 5.41) is 7.08. The van der Waals surface area contributed by atoms with E-state index < -0.39 is 5.91 Å². The van der Waals surface area contributed by atoms with Crippen LogP contribution in [0.15, 0.2) is 43.1 Å². The van der Waals surface area contributed by atoms with E-state index >= 15 is 0 Å². The Kier molecular flexibility index (Phi) is 5.92. The molecule has 2 heterocycles. The molecular formula is C21H23N5O3. The van der Waals surface area contributed by atoms with E-state index in [4.69, 9.17) is 10.5 Å². The topological polar surface area (TPSA) is 112 Å². The summed E-state index contributed by atoms with van der Waals surface area (Å²) >= 11 is 0. The Labute approximate surface area is 168 Å². The Morgan fingerprint density at radius 2 is 2.14 bits per heavy atom. The molecule has 0 spiro atoms. The largest absolute Gasteiger partial charge is 0.489 e. The van der Waals surface area contributed by atoms with Crippen LogP contribution in [-0.2, 0) is 11.2 Å². The summed E-state index contributed by atoms with van der Waals surface area (Å²) in [4.78, 5) is 28.4. The van der Waals surface area contributed by atoms with Crippen LogP contribution in [0.2, 0.25) is 0 Å². The molecule has 2 aromatic heterocycles. The molecule has 3 rings (SSSR count). The number of benzene rings is 1. The number of ether oxygens (including phenoxy) is 1. The number of hydrogen-bond donors (Lipinski definition) is 2. The summed E-state index contributed by atoms with van der Waals surface area (Å²) in [5.74, 6) is -0.0336. The molecule has 2 amide bonds. The smallest absolute Gasteiger partial charge is 0.254 e. The fraction of sp³-hybridized carbons (Fsp3) is 0.238. The van der Waals surface area contributed by atoms with E-state index in [9.17, 15) is 9.59 Å². The summed E-state index contributed by atoms with van der Waals surface area (Å²) < 4.78 is 7.06. The zero-order valence-corrected chi connectivity index (χ0v) is 16.4. The van der Waals surface area contributed by atoms with Gasteiger partial charge in [-0.25, -0.2) is 9.50 Å². The van der Waals surface area contributed by atoms with Crippen LogP contribution >= 0.6 is 0 Å². The van der Waals surface area contributed by atoms with Crippen LogP contribution in [0.5, 0.6) is 5.75 Å². The molecule has 0 fully saturated rings. The van der Waals surface area contributed by atoms with Crippen molar-refractivity contribution in [2.45, 2.75) is 26.7 Å². The number of nitrogens with two attached hydrogens (primary N) is 1. The molecule has 150 valence electrons. The Morgan fingerprint density at radius 3 is 2.86 bits per heavy atom. The number of fused-ring (bicyclic) bond motifs is 1. The highest BCUT2D eigenvalue weighted by atomic mass is 16.5. The third kappa shape index (κ3) is 4.43. The van der Waals surface area contributed by atoms with Gasteiger partial charge in [0.05, 0.1) is 6.20 Å². The minimum Gasteiger partial charge on any atom is -0.489 e. The molecule has 0 aliphatic carbocycles. The first-order valence-corrected chi connectivity index (χ1v) is 9.18. The SMILES string of the molecule is C=CCOc1cccc(NC(=O)CCc2c(C)nc3c(C(N)=O)cnn3c2C)c1. The van der Waals surface area contributed by atoms with Gasteiger partial charge in [-0.05, 0) is 38.0 Å². The lowest BCUT2D eigenvalue weighted by Crippen LogP contribution is -2.15. The number of nitrogens with zero attached hydrogens (tertiary/aromatic N) is 3. The second-order valence-electron chi connectivity index (χ2n) is 6.59. The Bertz CT molecular complexity index is 1090. The van der Waals surface area contributed by atoms with E-state index in [1.165, 1.54) is 6.20 Å². The quantitative estimate of drug-likeness (QED) is 0.571. The van der Waals surface area contributed by atoms with Crippen molar-refractivity contribution in [1.29, 1.82) is 0 Å². The fourth-order valence-electron chi connectivity index (χ4n) is 3.13. The maximum Gasteiger partial charge on any atom is 0.254 e. The number of rotatable bonds is 8. The standard InChI is InChI=1S/C21H23N5O3/c1-4-10-29-16-7-5-6-15(11-16)25-19(27)9-8-17-13(2)24-21-18(20(22)28)12-23-26(21)14(17)3/h4-7,11-12H,1,8-10H2,2-3H3,(H2,22,28)(H,25,27). The zero-order valence-electron chi connectivity index (χ0n) is 16.4. The average Bonchev–Trinajstić information content (AvgIpc) is 3.10. The van der Waals surface area contributed by atoms with Crippen molar-refractivity contribution in [3.63, 3.8) is 0 Å². The van der Waals surface area contributed by atoms with Crippen LogP contribution < -0.4 is 15.8 Å². The number of anilines is 1. The molecule has 0 atom stereocenters. The van der Waals surface area contributed by atoms with Gasteiger partial charge in [0.1, 0.15) is 17.9 Å². The number of aromatic nitrogens is 3. The number of nitrogens with one attached hydrogen (secondary N) is 1. The first-order valence-electron chi connectivity index (χ1n) is 9.18. The zero-order chi connectivity index (χ0) is 21.0. The highest BCUT2D eigenvalue weighted by molar-refractivity contribution is 5.98. The molecule has 1 aromatic carbocycles. The van der Waals surface area contributed by atoms with E-state index in [0.29, 0.717) is 30.1 Å². The number of carbonyl (C=O) groups excluding carboxylic acids is 2. The van der Waals surface area contributed by atoms with E-state index in [1.807, 2.05) is 26.0 Å². The van der Waals surface area contributed by atoms with Crippen molar-refractivity contribution in [1.82, 2.24) is 14.6 Å². The fourth-order valence-corrected chi connectivity index (χ4v) is 3.13. The number of carbonyl (C=O) groups is 2. The predicted molar refractivity (Wildman–Crippen MR) is 110 cm³/mol. The van der Waals surface area contributed by atoms with Crippen molar-refractivity contribution in [2.75, 3.05) is 11.9 Å².